The highest BCUT2D eigenvalue weighted by Crippen LogP contribution is 2.39. The van der Waals surface area contributed by atoms with Gasteiger partial charge in [0, 0.05) is 4.88 Å². The van der Waals surface area contributed by atoms with Gasteiger partial charge in [0.25, 0.3) is 5.91 Å². The molecule has 1 aromatic carbocycles. The van der Waals surface area contributed by atoms with Crippen molar-refractivity contribution in [3.63, 3.8) is 0 Å². The Morgan fingerprint density at radius 3 is 2.72 bits per heavy atom. The summed E-state index contributed by atoms with van der Waals surface area (Å²) in [4.78, 5) is 26.0. The molecule has 3 rings (SSSR count). The summed E-state index contributed by atoms with van der Waals surface area (Å²) in [5.74, 6) is -0.0207. The summed E-state index contributed by atoms with van der Waals surface area (Å²) in [6.07, 6.45) is 2.16. The van der Waals surface area contributed by atoms with E-state index < -0.39 is 6.10 Å². The van der Waals surface area contributed by atoms with Gasteiger partial charge in [-0.3, -0.25) is 4.79 Å². The SMILES string of the molecule is CCOC(=O)c1c(NC(=O)[C@H](C)Oc2ccccc2)sc2c1CCC2. The van der Waals surface area contributed by atoms with Crippen molar-refractivity contribution in [1.82, 2.24) is 0 Å². The lowest BCUT2D eigenvalue weighted by Crippen LogP contribution is -2.30. The highest BCUT2D eigenvalue weighted by Gasteiger charge is 2.29. The van der Waals surface area contributed by atoms with Crippen LogP contribution in [0.2, 0.25) is 0 Å². The lowest BCUT2D eigenvalue weighted by atomic mass is 10.1. The molecule has 0 saturated carbocycles. The van der Waals surface area contributed by atoms with Crippen molar-refractivity contribution >= 4 is 28.2 Å². The number of nitrogens with one attached hydrogen (secondary N) is 1. The summed E-state index contributed by atoms with van der Waals surface area (Å²) < 4.78 is 10.8. The van der Waals surface area contributed by atoms with Gasteiger partial charge in [-0.25, -0.2) is 4.79 Å². The van der Waals surface area contributed by atoms with Gasteiger partial charge in [-0.1, -0.05) is 18.2 Å². The second kappa shape index (κ2) is 7.70. The Morgan fingerprint density at radius 1 is 1.24 bits per heavy atom. The topological polar surface area (TPSA) is 64.6 Å². The van der Waals surface area contributed by atoms with Gasteiger partial charge in [0.05, 0.1) is 12.2 Å². The maximum absolute atomic E-state index is 12.5. The van der Waals surface area contributed by atoms with Crippen molar-refractivity contribution < 1.29 is 19.1 Å². The van der Waals surface area contributed by atoms with E-state index in [0.717, 1.165) is 29.7 Å². The lowest BCUT2D eigenvalue weighted by Gasteiger charge is -2.15. The molecule has 1 aromatic heterocycles. The molecule has 0 unspecified atom stereocenters. The number of fused-ring (bicyclic) bond motifs is 1. The summed E-state index contributed by atoms with van der Waals surface area (Å²) in [6.45, 7) is 3.77. The Kier molecular flexibility index (Phi) is 5.38. The first kappa shape index (κ1) is 17.5. The van der Waals surface area contributed by atoms with Gasteiger partial charge in [-0.2, -0.15) is 0 Å². The van der Waals surface area contributed by atoms with Crippen molar-refractivity contribution in [2.24, 2.45) is 0 Å². The zero-order valence-corrected chi connectivity index (χ0v) is 15.2. The average molecular weight is 359 g/mol. The predicted octanol–water partition coefficient (Wildman–Crippen LogP) is 3.82. The van der Waals surface area contributed by atoms with Crippen molar-refractivity contribution in [3.8, 4) is 5.75 Å². The molecular weight excluding hydrogens is 338 g/mol. The van der Waals surface area contributed by atoms with E-state index >= 15 is 0 Å². The van der Waals surface area contributed by atoms with Crippen LogP contribution >= 0.6 is 11.3 Å². The average Bonchev–Trinajstić information content (AvgIpc) is 3.16. The van der Waals surface area contributed by atoms with Crippen molar-refractivity contribution in [2.75, 3.05) is 11.9 Å². The van der Waals surface area contributed by atoms with Gasteiger partial charge in [-0.05, 0) is 50.8 Å². The first-order valence-corrected chi connectivity index (χ1v) is 9.26. The molecule has 0 aliphatic heterocycles. The minimum absolute atomic E-state index is 0.283. The molecule has 0 spiro atoms. The second-order valence-electron chi connectivity index (χ2n) is 5.84. The second-order valence-corrected chi connectivity index (χ2v) is 6.95. The molecular formula is C19H21NO4S. The fraction of sp³-hybridized carbons (Fsp3) is 0.368. The van der Waals surface area contributed by atoms with Gasteiger partial charge >= 0.3 is 5.97 Å². The number of carbonyl (C=O) groups excluding carboxylic acids is 2. The molecule has 25 heavy (non-hydrogen) atoms. The fourth-order valence-corrected chi connectivity index (χ4v) is 4.16. The van der Waals surface area contributed by atoms with Crippen LogP contribution in [-0.4, -0.2) is 24.6 Å². The molecule has 2 aromatic rings. The molecule has 0 fully saturated rings. The summed E-state index contributed by atoms with van der Waals surface area (Å²) in [5.41, 5.74) is 1.54. The largest absolute Gasteiger partial charge is 0.481 e. The number of aryl methyl sites for hydroxylation is 1. The third-order valence-electron chi connectivity index (χ3n) is 4.06. The van der Waals surface area contributed by atoms with Crippen LogP contribution in [0.4, 0.5) is 5.00 Å². The standard InChI is InChI=1S/C19H21NO4S/c1-3-23-19(22)16-14-10-7-11-15(14)25-18(16)20-17(21)12(2)24-13-8-5-4-6-9-13/h4-6,8-9,12H,3,7,10-11H2,1-2H3,(H,20,21)/t12-/m0/s1. The molecule has 6 heteroatoms. The molecule has 1 amide bonds. The smallest absolute Gasteiger partial charge is 0.341 e. The number of anilines is 1. The van der Waals surface area contributed by atoms with Gasteiger partial charge in [0.15, 0.2) is 6.10 Å². The Labute approximate surface area is 151 Å². The van der Waals surface area contributed by atoms with Crippen molar-refractivity contribution in [2.45, 2.75) is 39.2 Å². The van der Waals surface area contributed by atoms with Gasteiger partial charge in [0.2, 0.25) is 0 Å². The van der Waals surface area contributed by atoms with E-state index in [-0.39, 0.29) is 11.9 Å². The van der Waals surface area contributed by atoms with Gasteiger partial charge in [0.1, 0.15) is 10.8 Å². The minimum atomic E-state index is -0.672. The lowest BCUT2D eigenvalue weighted by molar-refractivity contribution is -0.122. The van der Waals surface area contributed by atoms with E-state index in [2.05, 4.69) is 5.32 Å². The number of benzene rings is 1. The monoisotopic (exact) mass is 359 g/mol. The van der Waals surface area contributed by atoms with Crippen molar-refractivity contribution in [3.05, 3.63) is 46.3 Å². The number of hydrogen-bond donors (Lipinski definition) is 1. The molecule has 0 saturated heterocycles. The fourth-order valence-electron chi connectivity index (χ4n) is 2.88. The van der Waals surface area contributed by atoms with E-state index in [1.165, 1.54) is 11.3 Å². The van der Waals surface area contributed by atoms with Crippen LogP contribution in [-0.2, 0) is 22.4 Å². The highest BCUT2D eigenvalue weighted by atomic mass is 32.1. The number of para-hydroxylation sites is 1. The Morgan fingerprint density at radius 2 is 2.00 bits per heavy atom. The summed E-state index contributed by atoms with van der Waals surface area (Å²) in [6, 6.07) is 9.18. The maximum atomic E-state index is 12.5. The quantitative estimate of drug-likeness (QED) is 0.797. The van der Waals surface area contributed by atoms with Crippen LogP contribution in [0.3, 0.4) is 0 Å². The number of hydrogen-bond acceptors (Lipinski definition) is 5. The maximum Gasteiger partial charge on any atom is 0.341 e. The van der Waals surface area contributed by atoms with Crippen LogP contribution in [0.1, 0.15) is 41.1 Å². The first-order chi connectivity index (χ1) is 12.1. The normalized spacial score (nSPS) is 13.8. The molecule has 1 aliphatic rings. The molecule has 132 valence electrons. The third-order valence-corrected chi connectivity index (χ3v) is 5.27. The Bertz CT molecular complexity index is 769. The van der Waals surface area contributed by atoms with E-state index in [1.54, 1.807) is 26.0 Å². The molecule has 5 nitrogen and oxygen atoms in total. The summed E-state index contributed by atoms with van der Waals surface area (Å²) in [7, 11) is 0. The summed E-state index contributed by atoms with van der Waals surface area (Å²) in [5, 5.41) is 3.42. The molecule has 1 N–H and O–H groups in total. The number of esters is 1. The molecule has 1 atom stereocenters. The number of ether oxygens (including phenoxy) is 2. The van der Waals surface area contributed by atoms with Crippen molar-refractivity contribution in [1.29, 1.82) is 0 Å². The van der Waals surface area contributed by atoms with Gasteiger partial charge < -0.3 is 14.8 Å². The molecule has 0 radical (unpaired) electrons. The van der Waals surface area contributed by atoms with Crippen LogP contribution < -0.4 is 10.1 Å². The zero-order valence-electron chi connectivity index (χ0n) is 14.3. The molecule has 1 heterocycles. The number of amides is 1. The van der Waals surface area contributed by atoms with E-state index in [9.17, 15) is 9.59 Å². The van der Waals surface area contributed by atoms with E-state index in [0.29, 0.717) is 22.9 Å². The minimum Gasteiger partial charge on any atom is -0.481 e. The van der Waals surface area contributed by atoms with Crippen LogP contribution in [0.15, 0.2) is 30.3 Å². The van der Waals surface area contributed by atoms with Crippen LogP contribution in [0, 0.1) is 0 Å². The van der Waals surface area contributed by atoms with Gasteiger partial charge in [-0.15, -0.1) is 11.3 Å². The van der Waals surface area contributed by atoms with Crippen LogP contribution in [0.25, 0.3) is 0 Å². The van der Waals surface area contributed by atoms with E-state index in [4.69, 9.17) is 9.47 Å². The predicted molar refractivity (Wildman–Crippen MR) is 97.5 cm³/mol. The zero-order chi connectivity index (χ0) is 17.8. The molecule has 1 aliphatic carbocycles. The third kappa shape index (κ3) is 3.85. The van der Waals surface area contributed by atoms with Crippen LogP contribution in [0.5, 0.6) is 5.75 Å². The summed E-state index contributed by atoms with van der Waals surface area (Å²) >= 11 is 1.47. The number of carbonyl (C=O) groups is 2. The number of thiophene rings is 1. The first-order valence-electron chi connectivity index (χ1n) is 8.44. The Balaban J connectivity index is 1.76. The number of rotatable bonds is 6. The highest BCUT2D eigenvalue weighted by molar-refractivity contribution is 7.17. The Hall–Kier alpha value is -2.34. The van der Waals surface area contributed by atoms with E-state index in [1.807, 2.05) is 18.2 Å². The molecule has 0 bridgehead atoms.